The van der Waals surface area contributed by atoms with Gasteiger partial charge in [-0.3, -0.25) is 9.69 Å². The lowest BCUT2D eigenvalue weighted by molar-refractivity contribution is -0.117. The maximum atomic E-state index is 12.8. The fraction of sp³-hybridized carbons (Fsp3) is 0.235. The Morgan fingerprint density at radius 1 is 1.14 bits per heavy atom. The van der Waals surface area contributed by atoms with Crippen molar-refractivity contribution >= 4 is 11.6 Å². The van der Waals surface area contributed by atoms with Crippen LogP contribution in [0.3, 0.4) is 0 Å². The van der Waals surface area contributed by atoms with E-state index in [4.69, 9.17) is 0 Å². The molecule has 0 spiro atoms. The van der Waals surface area contributed by atoms with Gasteiger partial charge < -0.3 is 5.32 Å². The van der Waals surface area contributed by atoms with E-state index in [2.05, 4.69) is 5.32 Å². The van der Waals surface area contributed by atoms with E-state index in [1.807, 2.05) is 43.1 Å². The lowest BCUT2D eigenvalue weighted by Gasteiger charge is -2.17. The number of halogens is 1. The number of carbonyl (C=O) groups is 1. The van der Waals surface area contributed by atoms with Crippen LogP contribution in [0.5, 0.6) is 0 Å². The number of likely N-dealkylation sites (N-methyl/N-ethyl adjacent to an activating group) is 1. The molecule has 0 unspecified atom stereocenters. The van der Waals surface area contributed by atoms with Crippen molar-refractivity contribution in [2.24, 2.45) is 0 Å². The Labute approximate surface area is 124 Å². The maximum Gasteiger partial charge on any atom is 0.238 e. The maximum absolute atomic E-state index is 12.8. The van der Waals surface area contributed by atoms with Gasteiger partial charge in [0.25, 0.3) is 0 Å². The first kappa shape index (κ1) is 15.2. The van der Waals surface area contributed by atoms with Gasteiger partial charge in [0.15, 0.2) is 0 Å². The third kappa shape index (κ3) is 4.68. The molecule has 3 nitrogen and oxygen atoms in total. The van der Waals surface area contributed by atoms with Crippen molar-refractivity contribution in [3.05, 3.63) is 65.5 Å². The molecular weight excluding hydrogens is 267 g/mol. The topological polar surface area (TPSA) is 32.3 Å². The number of anilines is 1. The minimum Gasteiger partial charge on any atom is -0.325 e. The number of carbonyl (C=O) groups excluding carboxylic acids is 1. The van der Waals surface area contributed by atoms with Crippen LogP contribution in [0.25, 0.3) is 0 Å². The zero-order valence-corrected chi connectivity index (χ0v) is 12.3. The molecule has 21 heavy (non-hydrogen) atoms. The van der Waals surface area contributed by atoms with E-state index in [0.717, 1.165) is 16.8 Å². The van der Waals surface area contributed by atoms with Crippen LogP contribution >= 0.6 is 0 Å². The zero-order chi connectivity index (χ0) is 15.2. The van der Waals surface area contributed by atoms with Gasteiger partial charge in [0.1, 0.15) is 5.82 Å². The van der Waals surface area contributed by atoms with Crippen LogP contribution in [0.2, 0.25) is 0 Å². The van der Waals surface area contributed by atoms with Crippen molar-refractivity contribution in [3.63, 3.8) is 0 Å². The average molecular weight is 286 g/mol. The fourth-order valence-electron chi connectivity index (χ4n) is 2.11. The highest BCUT2D eigenvalue weighted by Crippen LogP contribution is 2.13. The Kier molecular flexibility index (Phi) is 5.06. The van der Waals surface area contributed by atoms with Gasteiger partial charge in [-0.25, -0.2) is 4.39 Å². The minimum absolute atomic E-state index is 0.0612. The second-order valence-electron chi connectivity index (χ2n) is 5.16. The summed E-state index contributed by atoms with van der Waals surface area (Å²) in [6.45, 7) is 2.84. The molecule has 0 bridgehead atoms. The molecule has 1 N–H and O–H groups in total. The molecule has 110 valence electrons. The van der Waals surface area contributed by atoms with E-state index in [-0.39, 0.29) is 18.3 Å². The summed E-state index contributed by atoms with van der Waals surface area (Å²) in [7, 11) is 1.86. The molecule has 1 amide bonds. The Hall–Kier alpha value is -2.20. The summed E-state index contributed by atoms with van der Waals surface area (Å²) in [6, 6.07) is 14.0. The predicted octanol–water partition coefficient (Wildman–Crippen LogP) is 3.20. The van der Waals surface area contributed by atoms with Crippen LogP contribution < -0.4 is 5.32 Å². The summed E-state index contributed by atoms with van der Waals surface area (Å²) in [5, 5.41) is 2.90. The lowest BCUT2D eigenvalue weighted by atomic mass is 10.2. The first-order valence-corrected chi connectivity index (χ1v) is 6.83. The van der Waals surface area contributed by atoms with Gasteiger partial charge in [-0.05, 0) is 43.3 Å². The number of benzene rings is 2. The molecular formula is C17H19FN2O. The number of para-hydroxylation sites is 1. The number of nitrogens with one attached hydrogen (secondary N) is 1. The number of aryl methyl sites for hydroxylation is 1. The van der Waals surface area contributed by atoms with Crippen molar-refractivity contribution < 1.29 is 9.18 Å². The molecule has 0 atom stereocenters. The number of hydrogen-bond acceptors (Lipinski definition) is 2. The smallest absolute Gasteiger partial charge is 0.238 e. The summed E-state index contributed by atoms with van der Waals surface area (Å²) >= 11 is 0. The number of hydrogen-bond donors (Lipinski definition) is 1. The fourth-order valence-corrected chi connectivity index (χ4v) is 2.11. The SMILES string of the molecule is Cc1ccccc1NC(=O)CN(C)Cc1ccc(F)cc1. The van der Waals surface area contributed by atoms with Crippen LogP contribution in [0.15, 0.2) is 48.5 Å². The lowest BCUT2D eigenvalue weighted by Crippen LogP contribution is -2.30. The molecule has 0 fully saturated rings. The second-order valence-corrected chi connectivity index (χ2v) is 5.16. The number of nitrogens with zero attached hydrogens (tertiary/aromatic N) is 1. The first-order valence-electron chi connectivity index (χ1n) is 6.83. The second kappa shape index (κ2) is 6.99. The Balaban J connectivity index is 1.87. The van der Waals surface area contributed by atoms with Crippen molar-refractivity contribution in [1.82, 2.24) is 4.90 Å². The van der Waals surface area contributed by atoms with E-state index < -0.39 is 0 Å². The van der Waals surface area contributed by atoms with Crippen LogP contribution in [0.4, 0.5) is 10.1 Å². The molecule has 2 rings (SSSR count). The van der Waals surface area contributed by atoms with Gasteiger partial charge in [-0.15, -0.1) is 0 Å². The summed E-state index contributed by atoms with van der Waals surface area (Å²) in [6.07, 6.45) is 0. The molecule has 0 aromatic heterocycles. The molecule has 0 aliphatic carbocycles. The van der Waals surface area contributed by atoms with Gasteiger partial charge in [-0.2, -0.15) is 0 Å². The Bertz CT molecular complexity index is 610. The molecule has 0 radical (unpaired) electrons. The summed E-state index contributed by atoms with van der Waals surface area (Å²) in [5.74, 6) is -0.312. The highest BCUT2D eigenvalue weighted by atomic mass is 19.1. The highest BCUT2D eigenvalue weighted by Gasteiger charge is 2.08. The van der Waals surface area contributed by atoms with E-state index in [9.17, 15) is 9.18 Å². The van der Waals surface area contributed by atoms with Crippen LogP contribution in [0, 0.1) is 12.7 Å². The van der Waals surface area contributed by atoms with Gasteiger partial charge in [-0.1, -0.05) is 30.3 Å². The standard InChI is InChI=1S/C17H19FN2O/c1-13-5-3-4-6-16(13)19-17(21)12-20(2)11-14-7-9-15(18)10-8-14/h3-10H,11-12H2,1-2H3,(H,19,21). The van der Waals surface area contributed by atoms with Crippen molar-refractivity contribution in [2.45, 2.75) is 13.5 Å². The molecule has 0 aliphatic rings. The highest BCUT2D eigenvalue weighted by molar-refractivity contribution is 5.92. The average Bonchev–Trinajstić information content (AvgIpc) is 2.44. The third-order valence-electron chi connectivity index (χ3n) is 3.20. The normalized spacial score (nSPS) is 10.7. The number of amides is 1. The molecule has 4 heteroatoms. The Morgan fingerprint density at radius 2 is 1.81 bits per heavy atom. The van der Waals surface area contributed by atoms with Crippen LogP contribution in [-0.2, 0) is 11.3 Å². The van der Waals surface area contributed by atoms with E-state index >= 15 is 0 Å². The molecule has 2 aromatic rings. The monoisotopic (exact) mass is 286 g/mol. The largest absolute Gasteiger partial charge is 0.325 e. The van der Waals surface area contributed by atoms with Crippen LogP contribution in [-0.4, -0.2) is 24.4 Å². The minimum atomic E-state index is -0.251. The quantitative estimate of drug-likeness (QED) is 0.915. The molecule has 0 heterocycles. The van der Waals surface area contributed by atoms with Gasteiger partial charge in [0, 0.05) is 12.2 Å². The van der Waals surface area contributed by atoms with Crippen molar-refractivity contribution in [1.29, 1.82) is 0 Å². The Morgan fingerprint density at radius 3 is 2.48 bits per heavy atom. The predicted molar refractivity (Wildman–Crippen MR) is 82.5 cm³/mol. The molecule has 2 aromatic carbocycles. The summed E-state index contributed by atoms with van der Waals surface area (Å²) < 4.78 is 12.8. The van der Waals surface area contributed by atoms with Gasteiger partial charge in [0.05, 0.1) is 6.54 Å². The van der Waals surface area contributed by atoms with Gasteiger partial charge in [0.2, 0.25) is 5.91 Å². The van der Waals surface area contributed by atoms with Crippen molar-refractivity contribution in [3.8, 4) is 0 Å². The zero-order valence-electron chi connectivity index (χ0n) is 12.3. The molecule has 0 saturated heterocycles. The molecule has 0 aliphatic heterocycles. The first-order chi connectivity index (χ1) is 10.0. The van der Waals surface area contributed by atoms with E-state index in [1.165, 1.54) is 12.1 Å². The van der Waals surface area contributed by atoms with Gasteiger partial charge >= 0.3 is 0 Å². The number of rotatable bonds is 5. The van der Waals surface area contributed by atoms with E-state index in [1.54, 1.807) is 12.1 Å². The molecule has 0 saturated carbocycles. The van der Waals surface area contributed by atoms with Crippen LogP contribution in [0.1, 0.15) is 11.1 Å². The third-order valence-corrected chi connectivity index (χ3v) is 3.20. The summed E-state index contributed by atoms with van der Waals surface area (Å²) in [4.78, 5) is 13.9. The van der Waals surface area contributed by atoms with E-state index in [0.29, 0.717) is 6.54 Å². The van der Waals surface area contributed by atoms with Crippen molar-refractivity contribution in [2.75, 3.05) is 18.9 Å². The summed E-state index contributed by atoms with van der Waals surface area (Å²) in [5.41, 5.74) is 2.84.